The van der Waals surface area contributed by atoms with Crippen LogP contribution in [0.1, 0.15) is 26.3 Å². The van der Waals surface area contributed by atoms with Gasteiger partial charge in [0.05, 0.1) is 26.9 Å². The molecule has 0 aromatic heterocycles. The molecular weight excluding hydrogens is 536 g/mol. The van der Waals surface area contributed by atoms with Crippen LogP contribution in [0.25, 0.3) is 0 Å². The molecule has 39 heavy (non-hydrogen) atoms. The molecule has 1 N–H and O–H groups in total. The van der Waals surface area contributed by atoms with Crippen molar-refractivity contribution in [1.29, 1.82) is 0 Å². The number of methoxy groups -OCH3 is 3. The molecule has 0 heterocycles. The van der Waals surface area contributed by atoms with Crippen LogP contribution in [0.15, 0.2) is 66.7 Å². The van der Waals surface area contributed by atoms with Gasteiger partial charge in [-0.25, -0.2) is 4.79 Å². The maximum absolute atomic E-state index is 14.1. The Morgan fingerprint density at radius 2 is 1.21 bits per heavy atom. The van der Waals surface area contributed by atoms with E-state index in [0.717, 1.165) is 24.3 Å². The molecule has 0 aliphatic carbocycles. The Balaban J connectivity index is 1.98. The molecule has 0 spiro atoms. The van der Waals surface area contributed by atoms with E-state index in [0.29, 0.717) is 12.1 Å². The molecule has 3 aromatic carbocycles. The molecule has 3 aromatic rings. The summed E-state index contributed by atoms with van der Waals surface area (Å²) in [4.78, 5) is 25.1. The van der Waals surface area contributed by atoms with Crippen LogP contribution in [-0.2, 0) is 10.3 Å². The Labute approximate surface area is 218 Å². The first-order valence-electron chi connectivity index (χ1n) is 10.9. The third-order valence-corrected chi connectivity index (χ3v) is 5.53. The Morgan fingerprint density at radius 3 is 1.64 bits per heavy atom. The van der Waals surface area contributed by atoms with Crippen LogP contribution >= 0.6 is 0 Å². The minimum atomic E-state index is -6.09. The van der Waals surface area contributed by atoms with Crippen molar-refractivity contribution in [2.45, 2.75) is 18.0 Å². The first-order valence-corrected chi connectivity index (χ1v) is 10.9. The Kier molecular flexibility index (Phi) is 8.32. The van der Waals surface area contributed by atoms with E-state index in [-0.39, 0.29) is 28.5 Å². The van der Waals surface area contributed by atoms with E-state index in [2.05, 4.69) is 10.1 Å². The zero-order valence-electron chi connectivity index (χ0n) is 20.6. The van der Waals surface area contributed by atoms with Gasteiger partial charge in [0.2, 0.25) is 5.75 Å². The second kappa shape index (κ2) is 11.1. The largest absolute Gasteiger partial charge is 0.493 e. The van der Waals surface area contributed by atoms with Crippen LogP contribution in [0, 0.1) is 0 Å². The second-order valence-corrected chi connectivity index (χ2v) is 7.88. The van der Waals surface area contributed by atoms with Crippen molar-refractivity contribution in [2.24, 2.45) is 0 Å². The second-order valence-electron chi connectivity index (χ2n) is 7.88. The summed E-state index contributed by atoms with van der Waals surface area (Å²) < 4.78 is 104. The van der Waals surface area contributed by atoms with Gasteiger partial charge in [0.25, 0.3) is 5.91 Å². The lowest BCUT2D eigenvalue weighted by Crippen LogP contribution is -2.56. The zero-order chi connectivity index (χ0) is 29.0. The third kappa shape index (κ3) is 5.71. The molecule has 0 aliphatic heterocycles. The molecule has 208 valence electrons. The molecular formula is C26H21F6NO6. The summed E-state index contributed by atoms with van der Waals surface area (Å²) in [7, 11) is 3.98. The molecule has 3 rings (SSSR count). The predicted octanol–water partition coefficient (Wildman–Crippen LogP) is 6.14. The number of rotatable bonds is 8. The first kappa shape index (κ1) is 29.1. The highest BCUT2D eigenvalue weighted by Crippen LogP contribution is 2.53. The lowest BCUT2D eigenvalue weighted by atomic mass is 9.91. The van der Waals surface area contributed by atoms with Gasteiger partial charge in [-0.05, 0) is 36.4 Å². The summed E-state index contributed by atoms with van der Waals surface area (Å²) >= 11 is 0. The van der Waals surface area contributed by atoms with Crippen LogP contribution in [0.5, 0.6) is 17.2 Å². The molecule has 0 unspecified atom stereocenters. The van der Waals surface area contributed by atoms with E-state index in [9.17, 15) is 35.9 Å². The predicted molar refractivity (Wildman–Crippen MR) is 126 cm³/mol. The smallest absolute Gasteiger partial charge is 0.442 e. The Morgan fingerprint density at radius 1 is 0.692 bits per heavy atom. The van der Waals surface area contributed by atoms with Gasteiger partial charge in [-0.1, -0.05) is 30.3 Å². The maximum atomic E-state index is 14.1. The molecule has 0 aliphatic rings. The van der Waals surface area contributed by atoms with E-state index in [1.54, 1.807) is 0 Å². The van der Waals surface area contributed by atoms with E-state index in [4.69, 9.17) is 14.2 Å². The minimum absolute atomic E-state index is 0.00898. The SMILES string of the molecule is COc1cc(C(=O)Nc2ccc(C(OC(=O)c3ccccc3)(C(F)(F)F)C(F)(F)F)cc2)cc(OC)c1OC. The molecule has 0 saturated carbocycles. The molecule has 7 nitrogen and oxygen atoms in total. The highest BCUT2D eigenvalue weighted by Gasteiger charge is 2.75. The molecule has 0 bridgehead atoms. The number of carbonyl (C=O) groups excluding carboxylic acids is 2. The molecule has 0 saturated heterocycles. The van der Waals surface area contributed by atoms with Crippen molar-refractivity contribution in [3.63, 3.8) is 0 Å². The lowest BCUT2D eigenvalue weighted by molar-refractivity contribution is -0.373. The monoisotopic (exact) mass is 557 g/mol. The average molecular weight is 557 g/mol. The number of nitrogens with one attached hydrogen (secondary N) is 1. The van der Waals surface area contributed by atoms with Crippen LogP contribution in [0.2, 0.25) is 0 Å². The quantitative estimate of drug-likeness (QED) is 0.265. The zero-order valence-corrected chi connectivity index (χ0v) is 20.6. The Bertz CT molecular complexity index is 1280. The number of hydrogen-bond donors (Lipinski definition) is 1. The summed E-state index contributed by atoms with van der Waals surface area (Å²) in [5, 5.41) is 2.36. The summed E-state index contributed by atoms with van der Waals surface area (Å²) in [6, 6.07) is 11.1. The molecule has 0 fully saturated rings. The van der Waals surface area contributed by atoms with Crippen molar-refractivity contribution >= 4 is 17.6 Å². The number of benzene rings is 3. The van der Waals surface area contributed by atoms with Crippen LogP contribution in [0.4, 0.5) is 32.0 Å². The van der Waals surface area contributed by atoms with Crippen LogP contribution in [0.3, 0.4) is 0 Å². The molecule has 0 atom stereocenters. The van der Waals surface area contributed by atoms with Crippen molar-refractivity contribution < 1.29 is 54.9 Å². The van der Waals surface area contributed by atoms with Crippen molar-refractivity contribution in [1.82, 2.24) is 0 Å². The minimum Gasteiger partial charge on any atom is -0.493 e. The van der Waals surface area contributed by atoms with Crippen LogP contribution in [-0.4, -0.2) is 45.6 Å². The number of halogens is 6. The van der Waals surface area contributed by atoms with Crippen molar-refractivity contribution in [3.8, 4) is 17.2 Å². The number of ether oxygens (including phenoxy) is 4. The standard InChI is InChI=1S/C26H21F6NO6/c1-36-19-13-16(14-20(37-2)21(19)38-3)22(34)33-18-11-9-17(10-12-18)24(25(27,28)29,26(30,31)32)39-23(35)15-7-5-4-6-8-15/h4-14H,1-3H3,(H,33,34). The van der Waals surface area contributed by atoms with Gasteiger partial charge < -0.3 is 24.3 Å². The van der Waals surface area contributed by atoms with Crippen LogP contribution < -0.4 is 19.5 Å². The van der Waals surface area contributed by atoms with E-state index >= 15 is 0 Å². The normalized spacial score (nSPS) is 11.9. The fourth-order valence-corrected chi connectivity index (χ4v) is 3.64. The van der Waals surface area contributed by atoms with Gasteiger partial charge in [-0.3, -0.25) is 4.79 Å². The van der Waals surface area contributed by atoms with Crippen molar-refractivity contribution in [2.75, 3.05) is 26.6 Å². The van der Waals surface area contributed by atoms with Gasteiger partial charge in [-0.15, -0.1) is 0 Å². The van der Waals surface area contributed by atoms with Gasteiger partial charge in [-0.2, -0.15) is 26.3 Å². The maximum Gasteiger partial charge on any atom is 0.442 e. The first-order chi connectivity index (χ1) is 18.3. The Hall–Kier alpha value is -4.42. The number of esters is 1. The number of alkyl halides is 6. The van der Waals surface area contributed by atoms with Gasteiger partial charge in [0, 0.05) is 16.8 Å². The molecule has 1 amide bonds. The van der Waals surface area contributed by atoms with Gasteiger partial charge in [0.1, 0.15) is 0 Å². The lowest BCUT2D eigenvalue weighted by Gasteiger charge is -2.36. The number of anilines is 1. The highest BCUT2D eigenvalue weighted by molar-refractivity contribution is 6.05. The topological polar surface area (TPSA) is 83.1 Å². The third-order valence-electron chi connectivity index (χ3n) is 5.53. The van der Waals surface area contributed by atoms with E-state index < -0.39 is 41.0 Å². The fraction of sp³-hybridized carbons (Fsp3) is 0.231. The number of carbonyl (C=O) groups is 2. The molecule has 0 radical (unpaired) electrons. The van der Waals surface area contributed by atoms with E-state index in [1.807, 2.05) is 0 Å². The number of hydrogen-bond acceptors (Lipinski definition) is 6. The summed E-state index contributed by atoms with van der Waals surface area (Å²) in [6.07, 6.45) is -12.2. The average Bonchev–Trinajstić information content (AvgIpc) is 2.90. The fourth-order valence-electron chi connectivity index (χ4n) is 3.64. The summed E-state index contributed by atoms with van der Waals surface area (Å²) in [5.41, 5.74) is -7.07. The summed E-state index contributed by atoms with van der Waals surface area (Å²) in [6.45, 7) is 0. The highest BCUT2D eigenvalue weighted by atomic mass is 19.4. The number of amides is 1. The van der Waals surface area contributed by atoms with Crippen molar-refractivity contribution in [3.05, 3.63) is 83.4 Å². The van der Waals surface area contributed by atoms with E-state index in [1.165, 1.54) is 51.7 Å². The van der Waals surface area contributed by atoms with Gasteiger partial charge >= 0.3 is 23.9 Å². The summed E-state index contributed by atoms with van der Waals surface area (Å²) in [5.74, 6) is -2.14. The molecule has 13 heteroatoms. The van der Waals surface area contributed by atoms with Gasteiger partial charge in [0.15, 0.2) is 11.5 Å².